The summed E-state index contributed by atoms with van der Waals surface area (Å²) in [6.07, 6.45) is -9.65. The lowest BCUT2D eigenvalue weighted by Gasteiger charge is -2.20. The Bertz CT molecular complexity index is 920. The zero-order valence-corrected chi connectivity index (χ0v) is 14.5. The first kappa shape index (κ1) is 19.7. The van der Waals surface area contributed by atoms with Gasteiger partial charge in [-0.2, -0.15) is 22.0 Å². The minimum Gasteiger partial charge on any atom is -0.426 e. The molecular formula is C18H15F5N4O. The zero-order chi connectivity index (χ0) is 20.4. The molecule has 0 saturated heterocycles. The molecule has 0 fully saturated rings. The Kier molecular flexibility index (Phi) is 5.32. The number of hydrogen-bond donors (Lipinski definition) is 1. The predicted octanol–water partition coefficient (Wildman–Crippen LogP) is 4.19. The number of hydrogen-bond acceptors (Lipinski definition) is 4. The molecule has 148 valence electrons. The highest BCUT2D eigenvalue weighted by atomic mass is 19.4. The van der Waals surface area contributed by atoms with E-state index in [1.807, 2.05) is 31.3 Å². The molecule has 10 heteroatoms. The van der Waals surface area contributed by atoms with E-state index in [4.69, 9.17) is 0 Å². The van der Waals surface area contributed by atoms with Gasteiger partial charge in [-0.15, -0.1) is 5.10 Å². The van der Waals surface area contributed by atoms with E-state index in [0.717, 1.165) is 29.8 Å². The Labute approximate surface area is 156 Å². The SMILES string of the molecule is CNCc1ccc(-c2ncn(-c3ccc(OC(F)(F)C(F)(F)F)cc3)n2)cc1. The summed E-state index contributed by atoms with van der Waals surface area (Å²) in [6.45, 7) is 0.726. The largest absolute Gasteiger partial charge is 0.499 e. The Hall–Kier alpha value is -3.01. The standard InChI is InChI=1S/C18H15F5N4O/c1-24-10-12-2-4-13(5-3-12)16-25-11-27(26-16)14-6-8-15(9-7-14)28-18(22,23)17(19,20)21/h2-9,11,24H,10H2,1H3. The molecule has 0 aliphatic rings. The van der Waals surface area contributed by atoms with Gasteiger partial charge < -0.3 is 10.1 Å². The third-order valence-electron chi connectivity index (χ3n) is 3.76. The van der Waals surface area contributed by atoms with Crippen molar-refractivity contribution in [2.45, 2.75) is 18.8 Å². The second-order valence-electron chi connectivity index (χ2n) is 5.85. The third kappa shape index (κ3) is 4.28. The first-order valence-electron chi connectivity index (χ1n) is 8.09. The van der Waals surface area contributed by atoms with Gasteiger partial charge in [0, 0.05) is 12.1 Å². The normalized spacial score (nSPS) is 12.2. The van der Waals surface area contributed by atoms with Crippen molar-refractivity contribution in [3.8, 4) is 22.8 Å². The molecule has 0 aliphatic carbocycles. The topological polar surface area (TPSA) is 52.0 Å². The molecule has 5 nitrogen and oxygen atoms in total. The smallest absolute Gasteiger partial charge is 0.426 e. The highest BCUT2D eigenvalue weighted by molar-refractivity contribution is 5.55. The number of nitrogens with one attached hydrogen (secondary N) is 1. The van der Waals surface area contributed by atoms with Crippen LogP contribution in [0.1, 0.15) is 5.56 Å². The average Bonchev–Trinajstić information content (AvgIpc) is 3.12. The lowest BCUT2D eigenvalue weighted by molar-refractivity contribution is -0.360. The van der Waals surface area contributed by atoms with E-state index >= 15 is 0 Å². The summed E-state index contributed by atoms with van der Waals surface area (Å²) in [5.41, 5.74) is 2.30. The average molecular weight is 398 g/mol. The fourth-order valence-electron chi connectivity index (χ4n) is 2.37. The number of rotatable bonds is 6. The molecule has 3 aromatic rings. The maximum Gasteiger partial charge on any atom is 0.499 e. The highest BCUT2D eigenvalue weighted by Crippen LogP contribution is 2.37. The summed E-state index contributed by atoms with van der Waals surface area (Å²) in [7, 11) is 1.84. The molecule has 0 spiro atoms. The lowest BCUT2D eigenvalue weighted by Crippen LogP contribution is -2.41. The number of benzene rings is 2. The summed E-state index contributed by atoms with van der Waals surface area (Å²) in [4.78, 5) is 4.19. The summed E-state index contributed by atoms with van der Waals surface area (Å²) < 4.78 is 67.6. The van der Waals surface area contributed by atoms with Gasteiger partial charge >= 0.3 is 12.3 Å². The molecule has 1 aromatic heterocycles. The van der Waals surface area contributed by atoms with Gasteiger partial charge in [0.05, 0.1) is 5.69 Å². The molecule has 2 aromatic carbocycles. The van der Waals surface area contributed by atoms with Gasteiger partial charge in [0.1, 0.15) is 12.1 Å². The maximum atomic E-state index is 12.9. The predicted molar refractivity (Wildman–Crippen MR) is 91.2 cm³/mol. The summed E-state index contributed by atoms with van der Waals surface area (Å²) in [6, 6.07) is 12.2. The van der Waals surface area contributed by atoms with Gasteiger partial charge in [-0.05, 0) is 36.9 Å². The number of nitrogens with zero attached hydrogens (tertiary/aromatic N) is 3. The van der Waals surface area contributed by atoms with Crippen LogP contribution in [0.3, 0.4) is 0 Å². The quantitative estimate of drug-likeness (QED) is 0.633. The molecule has 0 bridgehead atoms. The molecule has 0 aliphatic heterocycles. The van der Waals surface area contributed by atoms with Crippen molar-refractivity contribution >= 4 is 0 Å². The number of aromatic nitrogens is 3. The van der Waals surface area contributed by atoms with Gasteiger partial charge in [-0.3, -0.25) is 0 Å². The van der Waals surface area contributed by atoms with Crippen molar-refractivity contribution in [2.24, 2.45) is 0 Å². The molecule has 0 saturated carbocycles. The van der Waals surface area contributed by atoms with Crippen molar-refractivity contribution in [1.29, 1.82) is 0 Å². The van der Waals surface area contributed by atoms with Gasteiger partial charge in [0.15, 0.2) is 5.82 Å². The van der Waals surface area contributed by atoms with Crippen LogP contribution in [-0.2, 0) is 6.54 Å². The van der Waals surface area contributed by atoms with Gasteiger partial charge in [-0.1, -0.05) is 24.3 Å². The van der Waals surface area contributed by atoms with Crippen LogP contribution in [0, 0.1) is 0 Å². The summed E-state index contributed by atoms with van der Waals surface area (Å²) in [5, 5.41) is 7.33. The first-order chi connectivity index (χ1) is 13.2. The van der Waals surface area contributed by atoms with Crippen molar-refractivity contribution in [2.75, 3.05) is 7.05 Å². The summed E-state index contributed by atoms with van der Waals surface area (Å²) >= 11 is 0. The van der Waals surface area contributed by atoms with E-state index in [1.54, 1.807) is 0 Å². The second kappa shape index (κ2) is 7.55. The molecule has 28 heavy (non-hydrogen) atoms. The minimum atomic E-state index is -5.80. The summed E-state index contributed by atoms with van der Waals surface area (Å²) in [5.74, 6) is -0.175. The van der Waals surface area contributed by atoms with Crippen LogP contribution >= 0.6 is 0 Å². The monoisotopic (exact) mass is 398 g/mol. The molecule has 1 heterocycles. The van der Waals surface area contributed by atoms with Crippen LogP contribution in [0.15, 0.2) is 54.9 Å². The van der Waals surface area contributed by atoms with Crippen LogP contribution in [-0.4, -0.2) is 34.1 Å². The van der Waals surface area contributed by atoms with Crippen LogP contribution in [0.5, 0.6) is 5.75 Å². The molecule has 0 radical (unpaired) electrons. The third-order valence-corrected chi connectivity index (χ3v) is 3.76. The van der Waals surface area contributed by atoms with E-state index in [2.05, 4.69) is 20.1 Å². The van der Waals surface area contributed by atoms with Crippen molar-refractivity contribution < 1.29 is 26.7 Å². The molecule has 0 unspecified atom stereocenters. The molecule has 1 N–H and O–H groups in total. The molecule has 3 rings (SSSR count). The van der Waals surface area contributed by atoms with Gasteiger partial charge in [0.25, 0.3) is 0 Å². The lowest BCUT2D eigenvalue weighted by atomic mass is 10.1. The minimum absolute atomic E-state index is 0.424. The zero-order valence-electron chi connectivity index (χ0n) is 14.5. The van der Waals surface area contributed by atoms with E-state index in [9.17, 15) is 22.0 Å². The van der Waals surface area contributed by atoms with Crippen molar-refractivity contribution in [3.63, 3.8) is 0 Å². The van der Waals surface area contributed by atoms with Crippen LogP contribution < -0.4 is 10.1 Å². The Morgan fingerprint density at radius 2 is 1.61 bits per heavy atom. The molecule has 0 amide bonds. The molecular weight excluding hydrogens is 383 g/mol. The van der Waals surface area contributed by atoms with Gasteiger partial charge in [-0.25, -0.2) is 9.67 Å². The van der Waals surface area contributed by atoms with E-state index in [-0.39, 0.29) is 0 Å². The van der Waals surface area contributed by atoms with Crippen LogP contribution in [0.4, 0.5) is 22.0 Å². The maximum absolute atomic E-state index is 12.9. The first-order valence-corrected chi connectivity index (χ1v) is 8.09. The number of halogens is 5. The molecule has 0 atom stereocenters. The van der Waals surface area contributed by atoms with Crippen LogP contribution in [0.25, 0.3) is 17.1 Å². The fraction of sp³-hybridized carbons (Fsp3) is 0.222. The van der Waals surface area contributed by atoms with E-state index < -0.39 is 18.0 Å². The fourth-order valence-corrected chi connectivity index (χ4v) is 2.37. The van der Waals surface area contributed by atoms with Crippen molar-refractivity contribution in [3.05, 3.63) is 60.4 Å². The Balaban J connectivity index is 1.75. The Morgan fingerprint density at radius 1 is 0.964 bits per heavy atom. The van der Waals surface area contributed by atoms with E-state index in [1.165, 1.54) is 23.1 Å². The van der Waals surface area contributed by atoms with E-state index in [0.29, 0.717) is 11.5 Å². The van der Waals surface area contributed by atoms with Gasteiger partial charge in [0.2, 0.25) is 0 Å². The Morgan fingerprint density at radius 3 is 2.18 bits per heavy atom. The second-order valence-corrected chi connectivity index (χ2v) is 5.85. The van der Waals surface area contributed by atoms with Crippen molar-refractivity contribution in [1.82, 2.24) is 20.1 Å². The van der Waals surface area contributed by atoms with Crippen LogP contribution in [0.2, 0.25) is 0 Å². The highest BCUT2D eigenvalue weighted by Gasteiger charge is 2.61. The number of alkyl halides is 5. The number of ether oxygens (including phenoxy) is 1.